The summed E-state index contributed by atoms with van der Waals surface area (Å²) in [5, 5.41) is 1.06. The molecule has 0 aliphatic heterocycles. The third-order valence-corrected chi connectivity index (χ3v) is 2.62. The Morgan fingerprint density at radius 2 is 2.06 bits per heavy atom. The Kier molecular flexibility index (Phi) is 3.58. The van der Waals surface area contributed by atoms with E-state index >= 15 is 0 Å². The number of hydrogen-bond donors (Lipinski definition) is 2. The maximum absolute atomic E-state index is 5.59. The lowest BCUT2D eigenvalue weighted by Gasteiger charge is -2.11. The monoisotopic (exact) mass is 242 g/mol. The second-order valence-corrected chi connectivity index (χ2v) is 4.54. The number of pyridine rings is 1. The van der Waals surface area contributed by atoms with Crippen LogP contribution in [0.5, 0.6) is 0 Å². The molecule has 94 valence electrons. The van der Waals surface area contributed by atoms with Crippen LogP contribution in [0.2, 0.25) is 0 Å². The van der Waals surface area contributed by atoms with Gasteiger partial charge in [-0.2, -0.15) is 0 Å². The normalized spacial score (nSPS) is 12.2. The van der Waals surface area contributed by atoms with E-state index in [0.717, 1.165) is 22.2 Å². The molecular formula is C14H18N4. The van der Waals surface area contributed by atoms with Crippen LogP contribution in [0.4, 0.5) is 0 Å². The fourth-order valence-electron chi connectivity index (χ4n) is 1.95. The van der Waals surface area contributed by atoms with E-state index in [-0.39, 0.29) is 6.04 Å². The summed E-state index contributed by atoms with van der Waals surface area (Å²) in [7, 11) is 0. The summed E-state index contributed by atoms with van der Waals surface area (Å²) in [4.78, 5) is 9.02. The van der Waals surface area contributed by atoms with E-state index in [9.17, 15) is 0 Å². The average Bonchev–Trinajstić information content (AvgIpc) is 2.34. The number of aromatic nitrogens is 1. The largest absolute Gasteiger partial charge is 0.308 e. The molecule has 0 atom stereocenters. The van der Waals surface area contributed by atoms with E-state index in [1.807, 2.05) is 51.1 Å². The molecule has 0 spiro atoms. The second-order valence-electron chi connectivity index (χ2n) is 4.54. The minimum absolute atomic E-state index is 0.184. The van der Waals surface area contributed by atoms with Crippen LogP contribution in [0.3, 0.4) is 0 Å². The Hall–Kier alpha value is -1.94. The molecule has 0 amide bonds. The van der Waals surface area contributed by atoms with Gasteiger partial charge in [-0.3, -0.25) is 9.98 Å². The van der Waals surface area contributed by atoms with Crippen molar-refractivity contribution >= 4 is 16.7 Å². The van der Waals surface area contributed by atoms with E-state index in [2.05, 4.69) is 15.4 Å². The molecule has 1 aromatic carbocycles. The van der Waals surface area contributed by atoms with Crippen molar-refractivity contribution in [2.24, 2.45) is 10.8 Å². The standard InChI is InChI=1S/C14H18N4/c1-9(2)16-14(18-15)12-8-10(3)17-13-7-5-4-6-11(12)13/h4-9H,15H2,1-3H3,(H,16,18). The summed E-state index contributed by atoms with van der Waals surface area (Å²) < 4.78 is 0. The molecule has 2 rings (SSSR count). The number of hydrogen-bond acceptors (Lipinski definition) is 3. The summed E-state index contributed by atoms with van der Waals surface area (Å²) in [6, 6.07) is 10.2. The van der Waals surface area contributed by atoms with Crippen molar-refractivity contribution in [1.29, 1.82) is 0 Å². The molecule has 0 radical (unpaired) electrons. The van der Waals surface area contributed by atoms with Gasteiger partial charge in [0.15, 0.2) is 0 Å². The number of para-hydroxylation sites is 1. The Labute approximate surface area is 107 Å². The average molecular weight is 242 g/mol. The number of rotatable bonds is 2. The molecule has 4 heteroatoms. The topological polar surface area (TPSA) is 63.3 Å². The van der Waals surface area contributed by atoms with Crippen LogP contribution >= 0.6 is 0 Å². The lowest BCUT2D eigenvalue weighted by Crippen LogP contribution is -2.32. The highest BCUT2D eigenvalue weighted by atomic mass is 15.3. The number of nitrogens with one attached hydrogen (secondary N) is 1. The van der Waals surface area contributed by atoms with Crippen LogP contribution in [-0.2, 0) is 0 Å². The first kappa shape index (κ1) is 12.5. The fourth-order valence-corrected chi connectivity index (χ4v) is 1.95. The van der Waals surface area contributed by atoms with Gasteiger partial charge in [0.1, 0.15) is 5.84 Å². The molecule has 2 aromatic rings. The SMILES string of the molecule is Cc1cc(C(=NC(C)C)NN)c2ccccc2n1. The molecule has 0 saturated heterocycles. The van der Waals surface area contributed by atoms with Gasteiger partial charge in [0, 0.05) is 22.7 Å². The Bertz CT molecular complexity index is 587. The van der Waals surface area contributed by atoms with Gasteiger partial charge in [0.05, 0.1) is 5.52 Å². The van der Waals surface area contributed by atoms with Gasteiger partial charge >= 0.3 is 0 Å². The van der Waals surface area contributed by atoms with E-state index in [4.69, 9.17) is 5.84 Å². The van der Waals surface area contributed by atoms with E-state index in [1.54, 1.807) is 0 Å². The predicted molar refractivity (Wildman–Crippen MR) is 75.5 cm³/mol. The highest BCUT2D eigenvalue weighted by Crippen LogP contribution is 2.18. The number of fused-ring (bicyclic) bond motifs is 1. The van der Waals surface area contributed by atoms with Crippen LogP contribution in [0, 0.1) is 6.92 Å². The number of nitrogens with zero attached hydrogens (tertiary/aromatic N) is 2. The van der Waals surface area contributed by atoms with Crippen LogP contribution in [0.15, 0.2) is 35.3 Å². The molecule has 0 fully saturated rings. The summed E-state index contributed by atoms with van der Waals surface area (Å²) in [5.74, 6) is 6.29. The van der Waals surface area contributed by atoms with Crippen LogP contribution in [0.25, 0.3) is 10.9 Å². The van der Waals surface area contributed by atoms with Crippen molar-refractivity contribution in [2.75, 3.05) is 0 Å². The van der Waals surface area contributed by atoms with Crippen LogP contribution in [0.1, 0.15) is 25.1 Å². The minimum atomic E-state index is 0.184. The quantitative estimate of drug-likeness (QED) is 0.367. The third-order valence-electron chi connectivity index (χ3n) is 2.62. The van der Waals surface area contributed by atoms with Crippen LogP contribution < -0.4 is 11.3 Å². The number of hydrazine groups is 1. The first-order valence-electron chi connectivity index (χ1n) is 6.03. The van der Waals surface area contributed by atoms with Crippen molar-refractivity contribution in [1.82, 2.24) is 10.4 Å². The molecule has 4 nitrogen and oxygen atoms in total. The smallest absolute Gasteiger partial charge is 0.143 e. The number of benzene rings is 1. The van der Waals surface area contributed by atoms with Crippen molar-refractivity contribution in [3.8, 4) is 0 Å². The molecule has 0 saturated carbocycles. The number of aryl methyl sites for hydroxylation is 1. The van der Waals surface area contributed by atoms with E-state index in [0.29, 0.717) is 5.84 Å². The molecule has 0 unspecified atom stereocenters. The molecule has 1 heterocycles. The molecule has 1 aromatic heterocycles. The highest BCUT2D eigenvalue weighted by molar-refractivity contribution is 6.08. The fraction of sp³-hybridized carbons (Fsp3) is 0.286. The Morgan fingerprint density at radius 3 is 2.72 bits per heavy atom. The molecular weight excluding hydrogens is 224 g/mol. The van der Waals surface area contributed by atoms with Gasteiger partial charge in [-0.05, 0) is 32.9 Å². The zero-order valence-corrected chi connectivity index (χ0v) is 10.9. The molecule has 0 aliphatic rings. The zero-order chi connectivity index (χ0) is 13.1. The highest BCUT2D eigenvalue weighted by Gasteiger charge is 2.09. The molecule has 18 heavy (non-hydrogen) atoms. The summed E-state index contributed by atoms with van der Waals surface area (Å²) in [5.41, 5.74) is 5.60. The van der Waals surface area contributed by atoms with E-state index in [1.165, 1.54) is 0 Å². The molecule has 0 bridgehead atoms. The Morgan fingerprint density at radius 1 is 1.33 bits per heavy atom. The van der Waals surface area contributed by atoms with Crippen molar-refractivity contribution in [2.45, 2.75) is 26.8 Å². The first-order valence-corrected chi connectivity index (χ1v) is 6.03. The molecule has 0 aliphatic carbocycles. The summed E-state index contributed by atoms with van der Waals surface area (Å²) >= 11 is 0. The second kappa shape index (κ2) is 5.14. The first-order chi connectivity index (χ1) is 8.61. The number of nitrogens with two attached hydrogens (primary N) is 1. The zero-order valence-electron chi connectivity index (χ0n) is 10.9. The number of aliphatic imine (C=N–C) groups is 1. The maximum Gasteiger partial charge on any atom is 0.143 e. The molecule has 3 N–H and O–H groups in total. The predicted octanol–water partition coefficient (Wildman–Crippen LogP) is 2.16. The van der Waals surface area contributed by atoms with E-state index < -0.39 is 0 Å². The lowest BCUT2D eigenvalue weighted by molar-refractivity contribution is 0.820. The maximum atomic E-state index is 5.59. The van der Waals surface area contributed by atoms with Gasteiger partial charge < -0.3 is 5.43 Å². The van der Waals surface area contributed by atoms with Crippen LogP contribution in [-0.4, -0.2) is 16.9 Å². The summed E-state index contributed by atoms with van der Waals surface area (Å²) in [6.07, 6.45) is 0. The minimum Gasteiger partial charge on any atom is -0.308 e. The Balaban J connectivity index is 2.69. The van der Waals surface area contributed by atoms with Gasteiger partial charge in [-0.25, -0.2) is 5.84 Å². The van der Waals surface area contributed by atoms with Gasteiger partial charge in [-0.1, -0.05) is 18.2 Å². The number of amidine groups is 1. The van der Waals surface area contributed by atoms with Crippen molar-refractivity contribution in [3.63, 3.8) is 0 Å². The third kappa shape index (κ3) is 2.49. The van der Waals surface area contributed by atoms with Gasteiger partial charge in [-0.15, -0.1) is 0 Å². The van der Waals surface area contributed by atoms with Crippen molar-refractivity contribution < 1.29 is 0 Å². The summed E-state index contributed by atoms with van der Waals surface area (Å²) in [6.45, 7) is 6.01. The van der Waals surface area contributed by atoms with Crippen molar-refractivity contribution in [3.05, 3.63) is 41.6 Å². The lowest BCUT2D eigenvalue weighted by atomic mass is 10.1. The van der Waals surface area contributed by atoms with Gasteiger partial charge in [0.25, 0.3) is 0 Å². The van der Waals surface area contributed by atoms with Gasteiger partial charge in [0.2, 0.25) is 0 Å².